The van der Waals surface area contributed by atoms with E-state index < -0.39 is 11.7 Å². The van der Waals surface area contributed by atoms with Crippen molar-refractivity contribution in [3.8, 4) is 5.69 Å². The van der Waals surface area contributed by atoms with Crippen LogP contribution in [-0.2, 0) is 11.0 Å². The molecule has 0 saturated carbocycles. The number of amides is 1. The molecule has 0 radical (unpaired) electrons. The lowest BCUT2D eigenvalue weighted by Gasteiger charge is -2.27. The van der Waals surface area contributed by atoms with Crippen molar-refractivity contribution in [2.75, 3.05) is 18.4 Å². The van der Waals surface area contributed by atoms with Crippen molar-refractivity contribution in [1.82, 2.24) is 15.1 Å². The van der Waals surface area contributed by atoms with E-state index in [1.807, 2.05) is 0 Å². The summed E-state index contributed by atoms with van der Waals surface area (Å²) in [5.74, 6) is 0.630. The predicted octanol–water partition coefficient (Wildman–Crippen LogP) is 3.86. The van der Waals surface area contributed by atoms with Crippen molar-refractivity contribution in [3.63, 3.8) is 0 Å². The summed E-state index contributed by atoms with van der Waals surface area (Å²) in [6.07, 6.45) is 1.19. The van der Waals surface area contributed by atoms with E-state index in [4.69, 9.17) is 0 Å². The number of piperidine rings is 1. The Hall–Kier alpha value is -2.35. The molecule has 1 amide bonds. The van der Waals surface area contributed by atoms with Crippen LogP contribution in [0.25, 0.3) is 5.69 Å². The molecule has 2 N–H and O–H groups in total. The third kappa shape index (κ3) is 5.09. The number of anilines is 1. The van der Waals surface area contributed by atoms with Gasteiger partial charge in [-0.25, -0.2) is 4.68 Å². The average molecular weight is 380 g/mol. The third-order valence-corrected chi connectivity index (χ3v) is 4.95. The van der Waals surface area contributed by atoms with Gasteiger partial charge in [-0.15, -0.1) is 0 Å². The van der Waals surface area contributed by atoms with Gasteiger partial charge in [-0.1, -0.05) is 13.0 Å². The summed E-state index contributed by atoms with van der Waals surface area (Å²) < 4.78 is 39.9. The van der Waals surface area contributed by atoms with Crippen LogP contribution in [0.15, 0.2) is 36.7 Å². The summed E-state index contributed by atoms with van der Waals surface area (Å²) in [6, 6.07) is 4.90. The van der Waals surface area contributed by atoms with Crippen molar-refractivity contribution >= 4 is 11.6 Å². The topological polar surface area (TPSA) is 59.0 Å². The van der Waals surface area contributed by atoms with Crippen LogP contribution in [0.1, 0.15) is 31.7 Å². The number of nitrogens with one attached hydrogen (secondary N) is 2. The Balaban J connectivity index is 1.61. The molecule has 2 heterocycles. The molecule has 5 nitrogen and oxygen atoms in total. The minimum atomic E-state index is -4.41. The van der Waals surface area contributed by atoms with Gasteiger partial charge in [-0.05, 0) is 56.0 Å². The normalized spacial score (nSPS) is 18.9. The van der Waals surface area contributed by atoms with Crippen LogP contribution in [0.2, 0.25) is 0 Å². The predicted molar refractivity (Wildman–Crippen MR) is 96.6 cm³/mol. The van der Waals surface area contributed by atoms with Gasteiger partial charge in [0.15, 0.2) is 0 Å². The number of alkyl halides is 3. The van der Waals surface area contributed by atoms with Crippen LogP contribution >= 0.6 is 0 Å². The zero-order chi connectivity index (χ0) is 19.4. The van der Waals surface area contributed by atoms with E-state index in [0.717, 1.165) is 38.1 Å². The zero-order valence-corrected chi connectivity index (χ0v) is 15.1. The lowest BCUT2D eigenvalue weighted by atomic mass is 9.85. The Morgan fingerprint density at radius 3 is 2.96 bits per heavy atom. The number of carbonyl (C=O) groups excluding carboxylic acids is 1. The van der Waals surface area contributed by atoms with Crippen molar-refractivity contribution in [2.45, 2.75) is 32.4 Å². The van der Waals surface area contributed by atoms with Gasteiger partial charge in [0, 0.05) is 6.42 Å². The van der Waals surface area contributed by atoms with E-state index in [1.54, 1.807) is 0 Å². The molecule has 8 heteroatoms. The first-order chi connectivity index (χ1) is 12.8. The summed E-state index contributed by atoms with van der Waals surface area (Å²) in [5.41, 5.74) is 0.00866. The first-order valence-electron chi connectivity index (χ1n) is 9.06. The smallest absolute Gasteiger partial charge is 0.323 e. The zero-order valence-electron chi connectivity index (χ0n) is 15.1. The molecule has 0 bridgehead atoms. The van der Waals surface area contributed by atoms with Crippen LogP contribution in [0.4, 0.5) is 18.9 Å². The summed E-state index contributed by atoms with van der Waals surface area (Å²) in [5, 5.41) is 10.2. The molecule has 1 aromatic heterocycles. The summed E-state index contributed by atoms with van der Waals surface area (Å²) in [4.78, 5) is 12.3. The maximum Gasteiger partial charge on any atom is 0.416 e. The Morgan fingerprint density at radius 2 is 2.26 bits per heavy atom. The highest BCUT2D eigenvalue weighted by Gasteiger charge is 2.30. The van der Waals surface area contributed by atoms with Gasteiger partial charge >= 0.3 is 6.18 Å². The van der Waals surface area contributed by atoms with Crippen LogP contribution in [0.3, 0.4) is 0 Å². The van der Waals surface area contributed by atoms with Crippen molar-refractivity contribution in [1.29, 1.82) is 0 Å². The summed E-state index contributed by atoms with van der Waals surface area (Å²) in [7, 11) is 0. The van der Waals surface area contributed by atoms with E-state index in [9.17, 15) is 18.0 Å². The molecule has 2 aromatic rings. The van der Waals surface area contributed by atoms with Gasteiger partial charge in [0.25, 0.3) is 0 Å². The van der Waals surface area contributed by atoms with E-state index in [-0.39, 0.29) is 17.5 Å². The van der Waals surface area contributed by atoms with Gasteiger partial charge in [0.2, 0.25) is 5.91 Å². The third-order valence-electron chi connectivity index (χ3n) is 4.95. The lowest BCUT2D eigenvalue weighted by Crippen LogP contribution is -2.34. The summed E-state index contributed by atoms with van der Waals surface area (Å²) in [6.45, 7) is 4.04. The molecule has 0 spiro atoms. The number of halogens is 3. The van der Waals surface area contributed by atoms with Gasteiger partial charge in [-0.2, -0.15) is 18.3 Å². The highest BCUT2D eigenvalue weighted by molar-refractivity contribution is 5.90. The average Bonchev–Trinajstić information content (AvgIpc) is 3.10. The fourth-order valence-corrected chi connectivity index (χ4v) is 3.39. The van der Waals surface area contributed by atoms with E-state index in [0.29, 0.717) is 18.0 Å². The van der Waals surface area contributed by atoms with Crippen LogP contribution in [0, 0.1) is 11.8 Å². The van der Waals surface area contributed by atoms with Gasteiger partial charge < -0.3 is 10.6 Å². The van der Waals surface area contributed by atoms with Gasteiger partial charge in [-0.3, -0.25) is 4.79 Å². The molecule has 1 aliphatic heterocycles. The number of hydrogen-bond acceptors (Lipinski definition) is 3. The SMILES string of the molecule is CC(CC(=O)Nc1cnn(-c2cccc(C(F)(F)F)c2)c1)C1CCCNC1. The molecule has 1 aromatic carbocycles. The maximum absolute atomic E-state index is 12.8. The molecule has 1 aliphatic rings. The highest BCUT2D eigenvalue weighted by Crippen LogP contribution is 2.30. The van der Waals surface area contributed by atoms with Crippen LogP contribution in [0.5, 0.6) is 0 Å². The van der Waals surface area contributed by atoms with Crippen molar-refractivity contribution < 1.29 is 18.0 Å². The Kier molecular flexibility index (Phi) is 5.84. The molecule has 2 atom stereocenters. The number of nitrogens with zero attached hydrogens (tertiary/aromatic N) is 2. The first kappa shape index (κ1) is 19.4. The van der Waals surface area contributed by atoms with E-state index in [2.05, 4.69) is 22.7 Å². The molecule has 3 rings (SSSR count). The minimum absolute atomic E-state index is 0.114. The largest absolute Gasteiger partial charge is 0.416 e. The monoisotopic (exact) mass is 380 g/mol. The van der Waals surface area contributed by atoms with E-state index >= 15 is 0 Å². The van der Waals surface area contributed by atoms with Crippen LogP contribution in [-0.4, -0.2) is 28.8 Å². The highest BCUT2D eigenvalue weighted by atomic mass is 19.4. The second-order valence-corrected chi connectivity index (χ2v) is 7.06. The number of rotatable bonds is 5. The summed E-state index contributed by atoms with van der Waals surface area (Å²) >= 11 is 0. The Bertz CT molecular complexity index is 781. The quantitative estimate of drug-likeness (QED) is 0.828. The first-order valence-corrected chi connectivity index (χ1v) is 9.06. The molecule has 1 saturated heterocycles. The standard InChI is InChI=1S/C19H23F3N4O/c1-13(14-4-3-7-23-10-14)8-18(27)25-16-11-24-26(12-16)17-6-2-5-15(9-17)19(20,21)22/h2,5-6,9,11-14,23H,3-4,7-8,10H2,1H3,(H,25,27). The Morgan fingerprint density at radius 1 is 1.44 bits per heavy atom. The van der Waals surface area contributed by atoms with E-state index in [1.165, 1.54) is 29.2 Å². The fourth-order valence-electron chi connectivity index (χ4n) is 3.39. The number of aromatic nitrogens is 2. The number of benzene rings is 1. The maximum atomic E-state index is 12.8. The second-order valence-electron chi connectivity index (χ2n) is 7.06. The van der Waals surface area contributed by atoms with Crippen molar-refractivity contribution in [3.05, 3.63) is 42.2 Å². The minimum Gasteiger partial charge on any atom is -0.323 e. The molecule has 2 unspecified atom stereocenters. The van der Waals surface area contributed by atoms with Gasteiger partial charge in [0.05, 0.1) is 29.3 Å². The number of hydrogen-bond donors (Lipinski definition) is 2. The fraction of sp³-hybridized carbons (Fsp3) is 0.474. The number of carbonyl (C=O) groups is 1. The molecular weight excluding hydrogens is 357 g/mol. The Labute approximate surface area is 155 Å². The molecule has 27 heavy (non-hydrogen) atoms. The van der Waals surface area contributed by atoms with Gasteiger partial charge in [0.1, 0.15) is 0 Å². The van der Waals surface area contributed by atoms with Crippen LogP contribution < -0.4 is 10.6 Å². The van der Waals surface area contributed by atoms with Crippen molar-refractivity contribution in [2.24, 2.45) is 11.8 Å². The molecule has 1 fully saturated rings. The molecular formula is C19H23F3N4O. The molecule has 146 valence electrons. The second kappa shape index (κ2) is 8.12. The molecule has 0 aliphatic carbocycles. The lowest BCUT2D eigenvalue weighted by molar-refractivity contribution is -0.137.